The van der Waals surface area contributed by atoms with Crippen LogP contribution >= 0.6 is 23.2 Å². The van der Waals surface area contributed by atoms with Crippen LogP contribution in [-0.2, 0) is 0 Å². The molecule has 0 aliphatic carbocycles. The van der Waals surface area contributed by atoms with E-state index in [1.807, 2.05) is 31.2 Å². The highest BCUT2D eigenvalue weighted by atomic mass is 35.5. The molecule has 1 N–H and O–H groups in total. The molecular formula is C21H26Cl2N2O2. The molecule has 27 heavy (non-hydrogen) atoms. The van der Waals surface area contributed by atoms with Crippen molar-refractivity contribution < 1.29 is 9.47 Å². The second kappa shape index (κ2) is 9.65. The van der Waals surface area contributed by atoms with Crippen molar-refractivity contribution in [2.24, 2.45) is 0 Å². The molecule has 1 saturated heterocycles. The quantitative estimate of drug-likeness (QED) is 0.744. The van der Waals surface area contributed by atoms with Gasteiger partial charge in [0.15, 0.2) is 11.5 Å². The molecule has 0 radical (unpaired) electrons. The molecule has 0 amide bonds. The number of hydrogen-bond donors (Lipinski definition) is 1. The summed E-state index contributed by atoms with van der Waals surface area (Å²) in [6, 6.07) is 11.9. The van der Waals surface area contributed by atoms with E-state index in [9.17, 15) is 0 Å². The van der Waals surface area contributed by atoms with Gasteiger partial charge in [0.2, 0.25) is 0 Å². The minimum Gasteiger partial charge on any atom is -0.493 e. The number of methoxy groups -OCH3 is 1. The first-order chi connectivity index (χ1) is 13.2. The molecule has 2 aromatic rings. The molecule has 146 valence electrons. The summed E-state index contributed by atoms with van der Waals surface area (Å²) in [6.45, 7) is 6.45. The third-order valence-electron chi connectivity index (χ3n) is 4.82. The van der Waals surface area contributed by atoms with Crippen LogP contribution in [0.3, 0.4) is 0 Å². The average Bonchev–Trinajstić information content (AvgIpc) is 2.96. The van der Waals surface area contributed by atoms with Crippen molar-refractivity contribution >= 4 is 23.2 Å². The number of benzene rings is 2. The van der Waals surface area contributed by atoms with Crippen molar-refractivity contribution in [1.82, 2.24) is 10.2 Å². The summed E-state index contributed by atoms with van der Waals surface area (Å²) in [5, 5.41) is 4.64. The second-order valence-corrected chi connectivity index (χ2v) is 7.31. The van der Waals surface area contributed by atoms with E-state index < -0.39 is 0 Å². The molecule has 1 unspecified atom stereocenters. The molecular weight excluding hydrogens is 383 g/mol. The van der Waals surface area contributed by atoms with Gasteiger partial charge in [-0.05, 0) is 49.2 Å². The molecule has 1 aliphatic rings. The van der Waals surface area contributed by atoms with Gasteiger partial charge in [-0.2, -0.15) is 0 Å². The number of rotatable bonds is 6. The second-order valence-electron chi connectivity index (χ2n) is 6.53. The SMILES string of the molecule is CCOc1ccc(C(c2cccc(Cl)c2Cl)N2CCCNCC2)cc1OC. The summed E-state index contributed by atoms with van der Waals surface area (Å²) in [5.74, 6) is 1.47. The van der Waals surface area contributed by atoms with Crippen LogP contribution in [0.2, 0.25) is 10.0 Å². The van der Waals surface area contributed by atoms with E-state index in [2.05, 4.69) is 22.3 Å². The Hall–Kier alpha value is -1.46. The van der Waals surface area contributed by atoms with Gasteiger partial charge in [0.25, 0.3) is 0 Å². The van der Waals surface area contributed by atoms with Crippen molar-refractivity contribution in [2.45, 2.75) is 19.4 Å². The fourth-order valence-electron chi connectivity index (χ4n) is 3.57. The molecule has 3 rings (SSSR count). The monoisotopic (exact) mass is 408 g/mol. The van der Waals surface area contributed by atoms with E-state index in [1.54, 1.807) is 7.11 Å². The van der Waals surface area contributed by atoms with Crippen molar-refractivity contribution in [3.63, 3.8) is 0 Å². The first kappa shape index (κ1) is 20.3. The summed E-state index contributed by atoms with van der Waals surface area (Å²) in [7, 11) is 1.67. The number of nitrogens with one attached hydrogen (secondary N) is 1. The zero-order chi connectivity index (χ0) is 19.2. The first-order valence-electron chi connectivity index (χ1n) is 9.35. The Morgan fingerprint density at radius 2 is 1.96 bits per heavy atom. The molecule has 1 fully saturated rings. The number of halogens is 2. The lowest BCUT2D eigenvalue weighted by Crippen LogP contribution is -2.33. The Labute approximate surface area is 171 Å². The maximum absolute atomic E-state index is 6.62. The topological polar surface area (TPSA) is 33.7 Å². The Bertz CT molecular complexity index is 762. The van der Waals surface area contributed by atoms with Gasteiger partial charge in [0.1, 0.15) is 0 Å². The molecule has 0 bridgehead atoms. The zero-order valence-electron chi connectivity index (χ0n) is 15.8. The fourth-order valence-corrected chi connectivity index (χ4v) is 3.98. The van der Waals surface area contributed by atoms with E-state index in [0.717, 1.165) is 55.2 Å². The number of ether oxygens (including phenoxy) is 2. The van der Waals surface area contributed by atoms with Crippen LogP contribution in [0.4, 0.5) is 0 Å². The molecule has 2 aromatic carbocycles. The summed E-state index contributed by atoms with van der Waals surface area (Å²) in [5.41, 5.74) is 2.12. The van der Waals surface area contributed by atoms with Crippen molar-refractivity contribution in [2.75, 3.05) is 39.9 Å². The normalized spacial score (nSPS) is 16.6. The molecule has 1 heterocycles. The van der Waals surface area contributed by atoms with Crippen molar-refractivity contribution in [3.05, 3.63) is 57.6 Å². The Morgan fingerprint density at radius 3 is 2.74 bits per heavy atom. The first-order valence-corrected chi connectivity index (χ1v) is 10.1. The average molecular weight is 409 g/mol. The smallest absolute Gasteiger partial charge is 0.161 e. The summed E-state index contributed by atoms with van der Waals surface area (Å²) in [4.78, 5) is 2.45. The van der Waals surface area contributed by atoms with Gasteiger partial charge in [-0.1, -0.05) is 41.4 Å². The van der Waals surface area contributed by atoms with Crippen LogP contribution in [-0.4, -0.2) is 44.8 Å². The Balaban J connectivity index is 2.07. The minimum atomic E-state index is 0.000626. The number of hydrogen-bond acceptors (Lipinski definition) is 4. The molecule has 0 spiro atoms. The largest absolute Gasteiger partial charge is 0.493 e. The van der Waals surface area contributed by atoms with Crippen molar-refractivity contribution in [3.8, 4) is 11.5 Å². The van der Waals surface area contributed by atoms with Gasteiger partial charge in [-0.3, -0.25) is 4.90 Å². The molecule has 1 atom stereocenters. The van der Waals surface area contributed by atoms with Gasteiger partial charge in [0.05, 0.1) is 29.8 Å². The lowest BCUT2D eigenvalue weighted by atomic mass is 9.96. The van der Waals surface area contributed by atoms with E-state index in [1.165, 1.54) is 0 Å². The fraction of sp³-hybridized carbons (Fsp3) is 0.429. The van der Waals surface area contributed by atoms with Gasteiger partial charge in [-0.25, -0.2) is 0 Å². The van der Waals surface area contributed by atoms with E-state index in [4.69, 9.17) is 32.7 Å². The Kier molecular flexibility index (Phi) is 7.25. The third-order valence-corrected chi connectivity index (χ3v) is 5.65. The summed E-state index contributed by atoms with van der Waals surface area (Å²) < 4.78 is 11.3. The molecule has 6 heteroatoms. The minimum absolute atomic E-state index is 0.000626. The van der Waals surface area contributed by atoms with Gasteiger partial charge in [-0.15, -0.1) is 0 Å². The van der Waals surface area contributed by atoms with Crippen LogP contribution in [0.25, 0.3) is 0 Å². The molecule has 0 saturated carbocycles. The predicted octanol–water partition coefficient (Wildman–Crippen LogP) is 4.79. The van der Waals surface area contributed by atoms with E-state index in [0.29, 0.717) is 16.7 Å². The standard InChI is InChI=1S/C21H26Cl2N2O2/c1-3-27-18-9-8-15(14-19(18)26-2)21(25-12-5-10-24-11-13-25)16-6-4-7-17(22)20(16)23/h4,6-9,14,21,24H,3,5,10-13H2,1-2H3. The maximum atomic E-state index is 6.62. The van der Waals surface area contributed by atoms with Crippen LogP contribution in [0.15, 0.2) is 36.4 Å². The van der Waals surface area contributed by atoms with Gasteiger partial charge >= 0.3 is 0 Å². The predicted molar refractivity (Wildman–Crippen MR) is 112 cm³/mol. The zero-order valence-corrected chi connectivity index (χ0v) is 17.3. The van der Waals surface area contributed by atoms with Crippen molar-refractivity contribution in [1.29, 1.82) is 0 Å². The van der Waals surface area contributed by atoms with E-state index >= 15 is 0 Å². The third kappa shape index (κ3) is 4.69. The molecule has 0 aromatic heterocycles. The lowest BCUT2D eigenvalue weighted by Gasteiger charge is -2.32. The van der Waals surface area contributed by atoms with Crippen LogP contribution in [0, 0.1) is 0 Å². The van der Waals surface area contributed by atoms with Gasteiger partial charge < -0.3 is 14.8 Å². The van der Waals surface area contributed by atoms with Crippen LogP contribution in [0.5, 0.6) is 11.5 Å². The maximum Gasteiger partial charge on any atom is 0.161 e. The molecule has 1 aliphatic heterocycles. The van der Waals surface area contributed by atoms with Crippen LogP contribution < -0.4 is 14.8 Å². The van der Waals surface area contributed by atoms with E-state index in [-0.39, 0.29) is 6.04 Å². The Morgan fingerprint density at radius 1 is 1.11 bits per heavy atom. The number of nitrogens with zero attached hydrogens (tertiary/aromatic N) is 1. The van der Waals surface area contributed by atoms with Crippen LogP contribution in [0.1, 0.15) is 30.5 Å². The highest BCUT2D eigenvalue weighted by Crippen LogP contribution is 2.39. The highest BCUT2D eigenvalue weighted by molar-refractivity contribution is 6.42. The molecule has 4 nitrogen and oxygen atoms in total. The van der Waals surface area contributed by atoms with Gasteiger partial charge in [0, 0.05) is 19.6 Å². The summed E-state index contributed by atoms with van der Waals surface area (Å²) >= 11 is 13.0. The lowest BCUT2D eigenvalue weighted by molar-refractivity contribution is 0.240. The summed E-state index contributed by atoms with van der Waals surface area (Å²) in [6.07, 6.45) is 1.09. The highest BCUT2D eigenvalue weighted by Gasteiger charge is 2.26.